The standard InChI is InChI=1S/C26H36N8O/c1-31-16-18-33(19-17-31)25-11-10-24-29-28-23(34(24)30-25)8-5-9-26(35)27-22-12-14-32(15-13-22)20-21-6-3-2-4-7-21/h2-4,6-7,10-11,22H,5,8-9,12-20H2,1H3,(H,27,35). The number of nitrogens with one attached hydrogen (secondary N) is 1. The number of nitrogens with zero attached hydrogens (tertiary/aromatic N) is 7. The maximum absolute atomic E-state index is 12.6. The van der Waals surface area contributed by atoms with Crippen molar-refractivity contribution in [2.24, 2.45) is 0 Å². The molecule has 0 radical (unpaired) electrons. The van der Waals surface area contributed by atoms with E-state index in [9.17, 15) is 4.79 Å². The molecule has 186 valence electrons. The van der Waals surface area contributed by atoms with Crippen LogP contribution >= 0.6 is 0 Å². The third kappa shape index (κ3) is 6.15. The van der Waals surface area contributed by atoms with Crippen LogP contribution in [0.2, 0.25) is 0 Å². The van der Waals surface area contributed by atoms with Crippen LogP contribution < -0.4 is 10.2 Å². The average molecular weight is 477 g/mol. The lowest BCUT2D eigenvalue weighted by molar-refractivity contribution is -0.122. The largest absolute Gasteiger partial charge is 0.353 e. The van der Waals surface area contributed by atoms with Crippen LogP contribution in [-0.4, -0.2) is 87.9 Å². The summed E-state index contributed by atoms with van der Waals surface area (Å²) in [7, 11) is 2.15. The molecule has 35 heavy (non-hydrogen) atoms. The smallest absolute Gasteiger partial charge is 0.220 e. The summed E-state index contributed by atoms with van der Waals surface area (Å²) in [6.07, 6.45) is 3.93. The fourth-order valence-electron chi connectivity index (χ4n) is 4.97. The minimum Gasteiger partial charge on any atom is -0.353 e. The first kappa shape index (κ1) is 23.7. The van der Waals surface area contributed by atoms with Crippen LogP contribution in [0.3, 0.4) is 0 Å². The first-order valence-electron chi connectivity index (χ1n) is 12.8. The van der Waals surface area contributed by atoms with Crippen LogP contribution in [0.15, 0.2) is 42.5 Å². The Morgan fingerprint density at radius 3 is 2.51 bits per heavy atom. The molecular formula is C26H36N8O. The second-order valence-electron chi connectivity index (χ2n) is 9.83. The van der Waals surface area contributed by atoms with Crippen molar-refractivity contribution in [3.8, 4) is 0 Å². The van der Waals surface area contributed by atoms with Crippen molar-refractivity contribution in [3.05, 3.63) is 53.9 Å². The Kier molecular flexibility index (Phi) is 7.54. The van der Waals surface area contributed by atoms with Gasteiger partial charge in [0.05, 0.1) is 0 Å². The molecular weight excluding hydrogens is 440 g/mol. The van der Waals surface area contributed by atoms with Gasteiger partial charge in [-0.3, -0.25) is 9.69 Å². The molecule has 2 aromatic heterocycles. The average Bonchev–Trinajstić information content (AvgIpc) is 3.28. The third-order valence-electron chi connectivity index (χ3n) is 7.15. The molecule has 0 bridgehead atoms. The van der Waals surface area contributed by atoms with Crippen molar-refractivity contribution in [2.45, 2.75) is 44.7 Å². The molecule has 0 unspecified atom stereocenters. The van der Waals surface area contributed by atoms with Crippen molar-refractivity contribution in [2.75, 3.05) is 51.2 Å². The van der Waals surface area contributed by atoms with Crippen molar-refractivity contribution in [1.29, 1.82) is 0 Å². The zero-order chi connectivity index (χ0) is 24.0. The van der Waals surface area contributed by atoms with Gasteiger partial charge in [-0.05, 0) is 44.0 Å². The Morgan fingerprint density at radius 1 is 0.971 bits per heavy atom. The molecule has 0 atom stereocenters. The minimum atomic E-state index is 0.131. The van der Waals surface area contributed by atoms with Crippen molar-refractivity contribution in [1.82, 2.24) is 34.9 Å². The molecule has 5 rings (SSSR count). The third-order valence-corrected chi connectivity index (χ3v) is 7.15. The molecule has 3 aromatic rings. The molecule has 0 spiro atoms. The number of likely N-dealkylation sites (tertiary alicyclic amines) is 1. The van der Waals surface area contributed by atoms with E-state index in [2.05, 4.69) is 67.6 Å². The van der Waals surface area contributed by atoms with E-state index < -0.39 is 0 Å². The van der Waals surface area contributed by atoms with E-state index in [4.69, 9.17) is 5.10 Å². The highest BCUT2D eigenvalue weighted by Gasteiger charge is 2.21. The van der Waals surface area contributed by atoms with Crippen LogP contribution in [0.25, 0.3) is 5.65 Å². The maximum Gasteiger partial charge on any atom is 0.220 e. The van der Waals surface area contributed by atoms with E-state index in [-0.39, 0.29) is 11.9 Å². The van der Waals surface area contributed by atoms with Gasteiger partial charge in [-0.25, -0.2) is 0 Å². The van der Waals surface area contributed by atoms with E-state index in [0.717, 1.165) is 82.4 Å². The summed E-state index contributed by atoms with van der Waals surface area (Å²) in [6.45, 7) is 7.04. The first-order valence-corrected chi connectivity index (χ1v) is 12.8. The summed E-state index contributed by atoms with van der Waals surface area (Å²) in [6, 6.07) is 14.9. The number of carbonyl (C=O) groups excluding carboxylic acids is 1. The predicted octanol–water partition coefficient (Wildman–Crippen LogP) is 1.98. The number of rotatable bonds is 8. The lowest BCUT2D eigenvalue weighted by Gasteiger charge is -2.33. The van der Waals surface area contributed by atoms with Crippen LogP contribution in [0, 0.1) is 0 Å². The molecule has 0 saturated carbocycles. The highest BCUT2D eigenvalue weighted by Crippen LogP contribution is 2.16. The van der Waals surface area contributed by atoms with E-state index in [1.807, 2.05) is 16.6 Å². The molecule has 0 aliphatic carbocycles. The summed E-state index contributed by atoms with van der Waals surface area (Å²) < 4.78 is 1.84. The Labute approximate surface area is 207 Å². The van der Waals surface area contributed by atoms with Crippen LogP contribution in [0.1, 0.15) is 37.1 Å². The molecule has 1 amide bonds. The van der Waals surface area contributed by atoms with Gasteiger partial charge in [0, 0.05) is 64.7 Å². The van der Waals surface area contributed by atoms with Gasteiger partial charge in [0.1, 0.15) is 5.82 Å². The van der Waals surface area contributed by atoms with Crippen LogP contribution in [-0.2, 0) is 17.8 Å². The van der Waals surface area contributed by atoms with Crippen LogP contribution in [0.5, 0.6) is 0 Å². The van der Waals surface area contributed by atoms with Gasteiger partial charge in [0.25, 0.3) is 0 Å². The van der Waals surface area contributed by atoms with Gasteiger partial charge >= 0.3 is 0 Å². The lowest BCUT2D eigenvalue weighted by Crippen LogP contribution is -2.45. The predicted molar refractivity (Wildman–Crippen MR) is 136 cm³/mol. The van der Waals surface area contributed by atoms with E-state index in [1.165, 1.54) is 5.56 Å². The van der Waals surface area contributed by atoms with Gasteiger partial charge in [0.2, 0.25) is 5.91 Å². The Morgan fingerprint density at radius 2 is 1.74 bits per heavy atom. The fourth-order valence-corrected chi connectivity index (χ4v) is 4.97. The van der Waals surface area contributed by atoms with Crippen molar-refractivity contribution < 1.29 is 4.79 Å². The minimum absolute atomic E-state index is 0.131. The van der Waals surface area contributed by atoms with Crippen molar-refractivity contribution in [3.63, 3.8) is 0 Å². The second kappa shape index (κ2) is 11.1. The van der Waals surface area contributed by atoms with Gasteiger partial charge in [-0.2, -0.15) is 4.52 Å². The Balaban J connectivity index is 1.07. The van der Waals surface area contributed by atoms with E-state index >= 15 is 0 Å². The first-order chi connectivity index (χ1) is 17.1. The van der Waals surface area contributed by atoms with Gasteiger partial charge in [-0.1, -0.05) is 30.3 Å². The zero-order valence-electron chi connectivity index (χ0n) is 20.6. The zero-order valence-corrected chi connectivity index (χ0v) is 20.6. The number of fused-ring (bicyclic) bond motifs is 1. The van der Waals surface area contributed by atoms with Crippen LogP contribution in [0.4, 0.5) is 5.82 Å². The normalized spacial score (nSPS) is 18.3. The van der Waals surface area contributed by atoms with Gasteiger partial charge < -0.3 is 15.1 Å². The number of likely N-dealkylation sites (N-methyl/N-ethyl adjacent to an activating group) is 1. The fraction of sp³-hybridized carbons (Fsp3) is 0.538. The number of hydrogen-bond donors (Lipinski definition) is 1. The SMILES string of the molecule is CN1CCN(c2ccc3nnc(CCCC(=O)NC4CCN(Cc5ccccc5)CC4)n3n2)CC1. The molecule has 9 nitrogen and oxygen atoms in total. The highest BCUT2D eigenvalue weighted by molar-refractivity contribution is 5.76. The number of hydrogen-bond acceptors (Lipinski definition) is 7. The Hall–Kier alpha value is -3.04. The highest BCUT2D eigenvalue weighted by atomic mass is 16.1. The summed E-state index contributed by atoms with van der Waals surface area (Å²) >= 11 is 0. The molecule has 2 aliphatic rings. The summed E-state index contributed by atoms with van der Waals surface area (Å²) in [5, 5.41) is 16.6. The number of amides is 1. The maximum atomic E-state index is 12.6. The quantitative estimate of drug-likeness (QED) is 0.532. The molecule has 2 saturated heterocycles. The van der Waals surface area contributed by atoms with E-state index in [0.29, 0.717) is 12.8 Å². The van der Waals surface area contributed by atoms with E-state index in [1.54, 1.807) is 0 Å². The topological polar surface area (TPSA) is 81.9 Å². The number of aryl methyl sites for hydroxylation is 1. The molecule has 1 N–H and O–H groups in total. The molecule has 2 fully saturated rings. The molecule has 1 aromatic carbocycles. The number of anilines is 1. The molecule has 2 aliphatic heterocycles. The summed E-state index contributed by atoms with van der Waals surface area (Å²) in [4.78, 5) is 19.7. The lowest BCUT2D eigenvalue weighted by atomic mass is 10.0. The van der Waals surface area contributed by atoms with Gasteiger partial charge in [0.15, 0.2) is 11.5 Å². The second-order valence-corrected chi connectivity index (χ2v) is 9.83. The summed E-state index contributed by atoms with van der Waals surface area (Å²) in [5.41, 5.74) is 2.10. The molecule has 4 heterocycles. The summed E-state index contributed by atoms with van der Waals surface area (Å²) in [5.74, 6) is 1.91. The molecule has 9 heteroatoms. The Bertz CT molecular complexity index is 1100. The number of piperazine rings is 1. The number of aromatic nitrogens is 4. The number of benzene rings is 1. The van der Waals surface area contributed by atoms with Crippen molar-refractivity contribution >= 4 is 17.4 Å². The number of piperidine rings is 1. The monoisotopic (exact) mass is 476 g/mol. The number of carbonyl (C=O) groups is 1. The van der Waals surface area contributed by atoms with Gasteiger partial charge in [-0.15, -0.1) is 15.3 Å².